The molecule has 5 nitrogen and oxygen atoms in total. The summed E-state index contributed by atoms with van der Waals surface area (Å²) in [5.74, 6) is 0.0804. The molecule has 2 fully saturated rings. The summed E-state index contributed by atoms with van der Waals surface area (Å²) in [4.78, 5) is 25.5. The molecule has 2 saturated heterocycles. The van der Waals surface area contributed by atoms with Crippen molar-refractivity contribution in [2.24, 2.45) is 0 Å². The van der Waals surface area contributed by atoms with Gasteiger partial charge in [-0.25, -0.2) is 9.78 Å². The summed E-state index contributed by atoms with van der Waals surface area (Å²) >= 11 is 0. The van der Waals surface area contributed by atoms with E-state index in [0.717, 1.165) is 5.56 Å². The number of rotatable bonds is 5. The van der Waals surface area contributed by atoms with Gasteiger partial charge in [0.15, 0.2) is 0 Å². The summed E-state index contributed by atoms with van der Waals surface area (Å²) in [5, 5.41) is 0. The van der Waals surface area contributed by atoms with Crippen molar-refractivity contribution in [2.45, 2.75) is 57.6 Å². The molecule has 0 aliphatic carbocycles. The third kappa shape index (κ3) is 3.16. The highest BCUT2D eigenvalue weighted by atomic mass is 17.2. The molecule has 0 radical (unpaired) electrons. The molecule has 22 heavy (non-hydrogen) atoms. The van der Waals surface area contributed by atoms with Gasteiger partial charge in [-0.1, -0.05) is 30.3 Å². The maximum atomic E-state index is 12.4. The fourth-order valence-electron chi connectivity index (χ4n) is 2.74. The van der Waals surface area contributed by atoms with Crippen LogP contribution in [0.1, 0.15) is 39.2 Å². The number of carbonyl (C=O) groups is 1. The van der Waals surface area contributed by atoms with Crippen LogP contribution in [-0.4, -0.2) is 34.8 Å². The third-order valence-electron chi connectivity index (χ3n) is 3.91. The number of amides is 1. The molecule has 3 rings (SSSR count). The molecule has 2 heterocycles. The topological polar surface area (TPSA) is 51.3 Å². The Hall–Kier alpha value is -1.43. The minimum absolute atomic E-state index is 0.0804. The average Bonchev–Trinajstić information content (AvgIpc) is 3.27. The molecule has 120 valence electrons. The molecule has 0 bridgehead atoms. The van der Waals surface area contributed by atoms with E-state index >= 15 is 0 Å². The van der Waals surface area contributed by atoms with Crippen LogP contribution in [0, 0.1) is 0 Å². The van der Waals surface area contributed by atoms with E-state index in [4.69, 9.17) is 14.5 Å². The molecular formula is C17H23NO4. The van der Waals surface area contributed by atoms with Gasteiger partial charge >= 0.3 is 0 Å². The molecule has 2 atom stereocenters. The molecule has 1 aromatic rings. The Morgan fingerprint density at radius 3 is 2.59 bits per heavy atom. The Bertz CT molecular complexity index is 535. The zero-order valence-electron chi connectivity index (χ0n) is 13.4. The van der Waals surface area contributed by atoms with E-state index in [1.807, 2.05) is 51.1 Å². The molecule has 0 N–H and O–H groups in total. The molecule has 0 aromatic heterocycles. The summed E-state index contributed by atoms with van der Waals surface area (Å²) in [6.45, 7) is 6.88. The fourth-order valence-corrected chi connectivity index (χ4v) is 2.74. The standard InChI is InChI=1S/C17H23NO4/c1-16(2,3)21-22-17(14-12-20-14)10-9-15(19)18(17)11-13-7-5-4-6-8-13/h4-8,14H,9-12H2,1-3H3. The highest BCUT2D eigenvalue weighted by Crippen LogP contribution is 2.42. The number of benzene rings is 1. The number of likely N-dealkylation sites (tertiary alicyclic amines) is 1. The largest absolute Gasteiger partial charge is 0.368 e. The lowest BCUT2D eigenvalue weighted by atomic mass is 10.1. The van der Waals surface area contributed by atoms with E-state index in [-0.39, 0.29) is 12.0 Å². The van der Waals surface area contributed by atoms with E-state index in [9.17, 15) is 4.79 Å². The van der Waals surface area contributed by atoms with Crippen LogP contribution >= 0.6 is 0 Å². The van der Waals surface area contributed by atoms with Crippen LogP contribution in [0.2, 0.25) is 0 Å². The first-order valence-electron chi connectivity index (χ1n) is 7.74. The van der Waals surface area contributed by atoms with Crippen LogP contribution in [0.5, 0.6) is 0 Å². The first-order chi connectivity index (χ1) is 10.4. The van der Waals surface area contributed by atoms with Crippen LogP contribution in [0.25, 0.3) is 0 Å². The number of ether oxygens (including phenoxy) is 1. The minimum atomic E-state index is -0.805. The Kier molecular flexibility index (Phi) is 3.97. The van der Waals surface area contributed by atoms with Gasteiger partial charge in [0.2, 0.25) is 11.6 Å². The normalized spacial score (nSPS) is 28.2. The fraction of sp³-hybridized carbons (Fsp3) is 0.588. The predicted molar refractivity (Wildman–Crippen MR) is 80.6 cm³/mol. The Morgan fingerprint density at radius 2 is 2.00 bits per heavy atom. The van der Waals surface area contributed by atoms with Crippen LogP contribution in [0.3, 0.4) is 0 Å². The second-order valence-electron chi connectivity index (χ2n) is 6.91. The smallest absolute Gasteiger partial charge is 0.225 e. The van der Waals surface area contributed by atoms with E-state index < -0.39 is 11.3 Å². The van der Waals surface area contributed by atoms with Gasteiger partial charge in [0.1, 0.15) is 6.10 Å². The molecule has 2 aliphatic heterocycles. The van der Waals surface area contributed by atoms with Crippen LogP contribution < -0.4 is 0 Å². The van der Waals surface area contributed by atoms with Crippen LogP contribution in [0.4, 0.5) is 0 Å². The zero-order chi connectivity index (χ0) is 15.8. The summed E-state index contributed by atoms with van der Waals surface area (Å²) in [7, 11) is 0. The molecule has 5 heteroatoms. The van der Waals surface area contributed by atoms with Crippen molar-refractivity contribution in [1.29, 1.82) is 0 Å². The molecule has 1 aromatic carbocycles. The van der Waals surface area contributed by atoms with Gasteiger partial charge in [0, 0.05) is 19.4 Å². The van der Waals surface area contributed by atoms with Crippen molar-refractivity contribution in [3.05, 3.63) is 35.9 Å². The summed E-state index contributed by atoms with van der Waals surface area (Å²) in [6.07, 6.45) is 0.949. The maximum Gasteiger partial charge on any atom is 0.225 e. The first-order valence-corrected chi connectivity index (χ1v) is 7.74. The van der Waals surface area contributed by atoms with E-state index in [1.165, 1.54) is 0 Å². The summed E-state index contributed by atoms with van der Waals surface area (Å²) in [5.41, 5.74) is -0.172. The molecule has 1 amide bonds. The SMILES string of the molecule is CC(C)(C)OOC1(C2CO2)CCC(=O)N1Cc1ccccc1. The molecule has 0 spiro atoms. The Balaban J connectivity index is 1.82. The van der Waals surface area contributed by atoms with Gasteiger partial charge in [-0.05, 0) is 26.3 Å². The lowest BCUT2D eigenvalue weighted by Crippen LogP contribution is -2.52. The highest BCUT2D eigenvalue weighted by molar-refractivity contribution is 5.79. The Labute approximate surface area is 131 Å². The lowest BCUT2D eigenvalue weighted by Gasteiger charge is -2.37. The number of hydrogen-bond donors (Lipinski definition) is 0. The van der Waals surface area contributed by atoms with E-state index in [2.05, 4.69) is 0 Å². The van der Waals surface area contributed by atoms with Crippen LogP contribution in [-0.2, 0) is 25.9 Å². The molecule has 0 saturated carbocycles. The number of nitrogens with zero attached hydrogens (tertiary/aromatic N) is 1. The van der Waals surface area contributed by atoms with Crippen molar-refractivity contribution in [2.75, 3.05) is 6.61 Å². The van der Waals surface area contributed by atoms with Crippen molar-refractivity contribution >= 4 is 5.91 Å². The first kappa shape index (κ1) is 15.5. The molecule has 2 unspecified atom stereocenters. The van der Waals surface area contributed by atoms with Crippen LogP contribution in [0.15, 0.2) is 30.3 Å². The average molecular weight is 305 g/mol. The number of carbonyl (C=O) groups excluding carboxylic acids is 1. The van der Waals surface area contributed by atoms with Gasteiger partial charge in [0.25, 0.3) is 0 Å². The minimum Gasteiger partial charge on any atom is -0.368 e. The second kappa shape index (κ2) is 5.65. The van der Waals surface area contributed by atoms with Crippen molar-refractivity contribution in [3.63, 3.8) is 0 Å². The van der Waals surface area contributed by atoms with Gasteiger partial charge in [0.05, 0.1) is 12.2 Å². The molecule has 2 aliphatic rings. The predicted octanol–water partition coefficient (Wildman–Crippen LogP) is 2.65. The van der Waals surface area contributed by atoms with Gasteiger partial charge < -0.3 is 9.64 Å². The Morgan fingerprint density at radius 1 is 1.32 bits per heavy atom. The van der Waals surface area contributed by atoms with Gasteiger partial charge in [-0.2, -0.15) is 0 Å². The number of hydrogen-bond acceptors (Lipinski definition) is 4. The van der Waals surface area contributed by atoms with Crippen molar-refractivity contribution in [3.8, 4) is 0 Å². The van der Waals surface area contributed by atoms with E-state index in [0.29, 0.717) is 26.0 Å². The monoisotopic (exact) mass is 305 g/mol. The quantitative estimate of drug-likeness (QED) is 0.477. The summed E-state index contributed by atoms with van der Waals surface area (Å²) < 4.78 is 5.48. The second-order valence-corrected chi connectivity index (χ2v) is 6.91. The van der Waals surface area contributed by atoms with Gasteiger partial charge in [-0.15, -0.1) is 0 Å². The highest BCUT2D eigenvalue weighted by Gasteiger charge is 2.59. The molecular weight excluding hydrogens is 282 g/mol. The third-order valence-corrected chi connectivity index (χ3v) is 3.91. The van der Waals surface area contributed by atoms with Crippen molar-refractivity contribution in [1.82, 2.24) is 4.90 Å². The number of epoxide rings is 1. The zero-order valence-corrected chi connectivity index (χ0v) is 13.4. The van der Waals surface area contributed by atoms with Gasteiger partial charge in [-0.3, -0.25) is 4.79 Å². The van der Waals surface area contributed by atoms with E-state index in [1.54, 1.807) is 4.90 Å². The van der Waals surface area contributed by atoms with Crippen molar-refractivity contribution < 1.29 is 19.3 Å². The summed E-state index contributed by atoms with van der Waals surface area (Å²) in [6, 6.07) is 9.92. The lowest BCUT2D eigenvalue weighted by molar-refractivity contribution is -0.428. The maximum absolute atomic E-state index is 12.4.